The fourth-order valence-corrected chi connectivity index (χ4v) is 3.31. The van der Waals surface area contributed by atoms with Gasteiger partial charge in [0.05, 0.1) is 31.5 Å². The molecular formula is C29H34O6. The fourth-order valence-electron chi connectivity index (χ4n) is 3.31. The number of carbonyl (C=O) groups is 1. The Bertz CT molecular complexity index is 1010. The van der Waals surface area contributed by atoms with Crippen molar-refractivity contribution in [1.82, 2.24) is 0 Å². The number of unbranched alkanes of at least 4 members (excludes halogenated alkanes) is 1. The third kappa shape index (κ3) is 8.83. The van der Waals surface area contributed by atoms with Gasteiger partial charge in [0.15, 0.2) is 0 Å². The molecule has 6 nitrogen and oxygen atoms in total. The van der Waals surface area contributed by atoms with Crippen molar-refractivity contribution < 1.29 is 28.8 Å². The molecule has 0 aromatic heterocycles. The van der Waals surface area contributed by atoms with E-state index in [1.165, 1.54) is 0 Å². The Balaban J connectivity index is 1.43. The minimum atomic E-state index is -0.563. The molecule has 6 heteroatoms. The van der Waals surface area contributed by atoms with Crippen LogP contribution in [0.2, 0.25) is 0 Å². The summed E-state index contributed by atoms with van der Waals surface area (Å²) in [6.07, 6.45) is 1.65. The van der Waals surface area contributed by atoms with Crippen molar-refractivity contribution in [2.45, 2.75) is 32.8 Å². The number of hydrogen-bond acceptors (Lipinski definition) is 6. The predicted molar refractivity (Wildman–Crippen MR) is 136 cm³/mol. The molecule has 3 aromatic carbocycles. The quantitative estimate of drug-likeness (QED) is 0.178. The monoisotopic (exact) mass is 478 g/mol. The highest BCUT2D eigenvalue weighted by atomic mass is 16.5. The predicted octanol–water partition coefficient (Wildman–Crippen LogP) is 5.84. The Labute approximate surface area is 207 Å². The van der Waals surface area contributed by atoms with Crippen LogP contribution in [0, 0.1) is 0 Å². The van der Waals surface area contributed by atoms with Gasteiger partial charge < -0.3 is 24.1 Å². The van der Waals surface area contributed by atoms with E-state index in [9.17, 15) is 9.90 Å². The molecule has 1 atom stereocenters. The Morgan fingerprint density at radius 1 is 0.743 bits per heavy atom. The van der Waals surface area contributed by atoms with E-state index in [1.807, 2.05) is 36.4 Å². The van der Waals surface area contributed by atoms with E-state index in [2.05, 4.69) is 6.92 Å². The van der Waals surface area contributed by atoms with Gasteiger partial charge in [-0.3, -0.25) is 0 Å². The van der Waals surface area contributed by atoms with Gasteiger partial charge in [-0.05, 0) is 66.4 Å². The molecule has 1 unspecified atom stereocenters. The molecule has 0 aliphatic rings. The third-order valence-corrected chi connectivity index (χ3v) is 5.39. The zero-order chi connectivity index (χ0) is 24.9. The van der Waals surface area contributed by atoms with Crippen molar-refractivity contribution in [3.63, 3.8) is 0 Å². The Morgan fingerprint density at radius 2 is 1.29 bits per heavy atom. The maximum absolute atomic E-state index is 12.4. The number of aliphatic hydroxyl groups excluding tert-OH is 1. The van der Waals surface area contributed by atoms with Crippen LogP contribution in [0.1, 0.15) is 48.7 Å². The molecular weight excluding hydrogens is 444 g/mol. The van der Waals surface area contributed by atoms with Crippen molar-refractivity contribution in [2.75, 3.05) is 33.0 Å². The summed E-state index contributed by atoms with van der Waals surface area (Å²) >= 11 is 0. The summed E-state index contributed by atoms with van der Waals surface area (Å²) in [6, 6.07) is 21.9. The highest BCUT2D eigenvalue weighted by molar-refractivity contribution is 5.91. The van der Waals surface area contributed by atoms with Crippen molar-refractivity contribution in [3.05, 3.63) is 83.9 Å². The molecule has 0 heterocycles. The summed E-state index contributed by atoms with van der Waals surface area (Å²) in [4.78, 5) is 12.4. The van der Waals surface area contributed by atoms with Crippen LogP contribution in [0.4, 0.5) is 0 Å². The van der Waals surface area contributed by atoms with E-state index in [4.69, 9.17) is 18.9 Å². The normalized spacial score (nSPS) is 11.7. The van der Waals surface area contributed by atoms with Crippen LogP contribution in [0.25, 0.3) is 11.1 Å². The average Bonchev–Trinajstić information content (AvgIpc) is 2.88. The first-order valence-electron chi connectivity index (χ1n) is 12.1. The SMILES string of the molecule is CCCCOCCOCCOc1ccc(-c2ccc(C(=O)Oc3ccc(C(C)O)cc3)cc2)cc1. The van der Waals surface area contributed by atoms with Gasteiger partial charge in [-0.15, -0.1) is 0 Å². The molecule has 0 amide bonds. The van der Waals surface area contributed by atoms with Crippen molar-refractivity contribution >= 4 is 5.97 Å². The first-order chi connectivity index (χ1) is 17.1. The molecule has 3 aromatic rings. The first-order valence-corrected chi connectivity index (χ1v) is 12.1. The van der Waals surface area contributed by atoms with Crippen LogP contribution in [0.3, 0.4) is 0 Å². The van der Waals surface area contributed by atoms with Gasteiger partial charge >= 0.3 is 5.97 Å². The van der Waals surface area contributed by atoms with E-state index in [0.717, 1.165) is 41.9 Å². The Kier molecular flexibility index (Phi) is 10.8. The van der Waals surface area contributed by atoms with Gasteiger partial charge in [0.2, 0.25) is 0 Å². The fraction of sp³-hybridized carbons (Fsp3) is 0.345. The number of carbonyl (C=O) groups excluding carboxylic acids is 1. The molecule has 0 aliphatic heterocycles. The molecule has 0 fully saturated rings. The lowest BCUT2D eigenvalue weighted by Crippen LogP contribution is -2.11. The number of hydrogen-bond donors (Lipinski definition) is 1. The molecule has 1 N–H and O–H groups in total. The van der Waals surface area contributed by atoms with Crippen LogP contribution in [0.5, 0.6) is 11.5 Å². The molecule has 0 bridgehead atoms. The molecule has 0 saturated carbocycles. The van der Waals surface area contributed by atoms with Crippen LogP contribution < -0.4 is 9.47 Å². The second-order valence-corrected chi connectivity index (χ2v) is 8.16. The summed E-state index contributed by atoms with van der Waals surface area (Å²) < 4.78 is 22.1. The van der Waals surface area contributed by atoms with Crippen LogP contribution in [-0.4, -0.2) is 44.1 Å². The lowest BCUT2D eigenvalue weighted by molar-refractivity contribution is 0.0356. The highest BCUT2D eigenvalue weighted by Gasteiger charge is 2.10. The lowest BCUT2D eigenvalue weighted by Gasteiger charge is -2.09. The number of rotatable bonds is 14. The zero-order valence-corrected chi connectivity index (χ0v) is 20.4. The summed E-state index contributed by atoms with van der Waals surface area (Å²) in [7, 11) is 0. The lowest BCUT2D eigenvalue weighted by atomic mass is 10.0. The van der Waals surface area contributed by atoms with Crippen molar-refractivity contribution in [1.29, 1.82) is 0 Å². The minimum absolute atomic E-state index is 0.431. The van der Waals surface area contributed by atoms with Gasteiger partial charge in [-0.25, -0.2) is 4.79 Å². The highest BCUT2D eigenvalue weighted by Crippen LogP contribution is 2.24. The maximum Gasteiger partial charge on any atom is 0.343 e. The summed E-state index contributed by atoms with van der Waals surface area (Å²) in [5.41, 5.74) is 3.23. The number of aliphatic hydroxyl groups is 1. The van der Waals surface area contributed by atoms with E-state index in [-0.39, 0.29) is 0 Å². The second-order valence-electron chi connectivity index (χ2n) is 8.16. The Morgan fingerprint density at radius 3 is 1.89 bits per heavy atom. The van der Waals surface area contributed by atoms with E-state index in [0.29, 0.717) is 37.7 Å². The number of benzene rings is 3. The molecule has 0 radical (unpaired) electrons. The molecule has 35 heavy (non-hydrogen) atoms. The molecule has 0 spiro atoms. The first kappa shape index (κ1) is 26.4. The molecule has 0 saturated heterocycles. The van der Waals surface area contributed by atoms with Crippen LogP contribution in [-0.2, 0) is 9.47 Å². The van der Waals surface area contributed by atoms with E-state index in [1.54, 1.807) is 43.3 Å². The second kappa shape index (κ2) is 14.3. The van der Waals surface area contributed by atoms with Gasteiger partial charge in [0.1, 0.15) is 18.1 Å². The van der Waals surface area contributed by atoms with E-state index < -0.39 is 12.1 Å². The average molecular weight is 479 g/mol. The summed E-state index contributed by atoms with van der Waals surface area (Å²) in [6.45, 7) is 6.80. The van der Waals surface area contributed by atoms with Gasteiger partial charge in [0.25, 0.3) is 0 Å². The van der Waals surface area contributed by atoms with Gasteiger partial charge in [-0.2, -0.15) is 0 Å². The standard InChI is InChI=1S/C29H34O6/c1-3-4-17-32-18-19-33-20-21-34-27-13-11-25(12-14-27)24-5-7-26(8-6-24)29(31)35-28-15-9-23(10-16-28)22(2)30/h5-16,22,30H,3-4,17-21H2,1-2H3. The van der Waals surface area contributed by atoms with Gasteiger partial charge in [0, 0.05) is 6.61 Å². The Hall–Kier alpha value is -3.19. The largest absolute Gasteiger partial charge is 0.491 e. The third-order valence-electron chi connectivity index (χ3n) is 5.39. The van der Waals surface area contributed by atoms with E-state index >= 15 is 0 Å². The molecule has 3 rings (SSSR count). The van der Waals surface area contributed by atoms with Crippen molar-refractivity contribution in [2.24, 2.45) is 0 Å². The topological polar surface area (TPSA) is 74.2 Å². The number of ether oxygens (including phenoxy) is 4. The van der Waals surface area contributed by atoms with Gasteiger partial charge in [-0.1, -0.05) is 49.7 Å². The molecule has 0 aliphatic carbocycles. The summed E-state index contributed by atoms with van der Waals surface area (Å²) in [5, 5.41) is 9.58. The maximum atomic E-state index is 12.4. The smallest absolute Gasteiger partial charge is 0.343 e. The van der Waals surface area contributed by atoms with Crippen LogP contribution >= 0.6 is 0 Å². The van der Waals surface area contributed by atoms with Crippen LogP contribution in [0.15, 0.2) is 72.8 Å². The minimum Gasteiger partial charge on any atom is -0.491 e. The summed E-state index contributed by atoms with van der Waals surface area (Å²) in [5.74, 6) is 0.781. The zero-order valence-electron chi connectivity index (χ0n) is 20.4. The van der Waals surface area contributed by atoms with Crippen molar-refractivity contribution in [3.8, 4) is 22.6 Å². The number of esters is 1. The molecule has 186 valence electrons.